The fraction of sp³-hybridized carbons (Fsp3) is 0.263. The number of hydrogen-bond donors (Lipinski definition) is 2. The first-order valence-electron chi connectivity index (χ1n) is 8.57. The molecule has 0 saturated heterocycles. The molecule has 174 valence electrons. The van der Waals surface area contributed by atoms with E-state index < -0.39 is 35.0 Å². The quantitative estimate of drug-likeness (QED) is 0.255. The highest BCUT2D eigenvalue weighted by Gasteiger charge is 2.63. The summed E-state index contributed by atoms with van der Waals surface area (Å²) in [5.74, 6) is -3.25. The van der Waals surface area contributed by atoms with Crippen LogP contribution in [-0.2, 0) is 9.53 Å². The van der Waals surface area contributed by atoms with E-state index in [-0.39, 0.29) is 11.3 Å². The lowest BCUT2D eigenvalue weighted by Gasteiger charge is -2.35. The third-order valence-electron chi connectivity index (χ3n) is 3.99. The van der Waals surface area contributed by atoms with Gasteiger partial charge in [-0.25, -0.2) is 4.79 Å². The van der Waals surface area contributed by atoms with Crippen LogP contribution in [0.15, 0.2) is 48.5 Å². The smallest absolute Gasteiger partial charge is 0.487 e. The van der Waals surface area contributed by atoms with E-state index in [1.54, 1.807) is 5.32 Å². The lowest BCUT2D eigenvalue weighted by Crippen LogP contribution is -2.69. The third-order valence-corrected chi connectivity index (χ3v) is 4.07. The second-order valence-electron chi connectivity index (χ2n) is 6.12. The van der Waals surface area contributed by atoms with Gasteiger partial charge in [-0.3, -0.25) is 4.79 Å². The highest BCUT2D eigenvalue weighted by atomic mass is 35.5. The summed E-state index contributed by atoms with van der Waals surface area (Å²) in [6, 6.07) is 8.60. The molecule has 1 amide bonds. The van der Waals surface area contributed by atoms with Crippen molar-refractivity contribution in [1.82, 2.24) is 5.32 Å². The van der Waals surface area contributed by atoms with Crippen molar-refractivity contribution in [3.8, 4) is 11.5 Å². The van der Waals surface area contributed by atoms with E-state index >= 15 is 0 Å². The SMILES string of the molecule is COC(=O)[C@](NC(=O)c1ccc(OC)cc1)(Nc1ccc(OC(F)(F)Cl)cc1)C(F)(F)F. The molecule has 2 aromatic carbocycles. The molecule has 0 unspecified atom stereocenters. The van der Waals surface area contributed by atoms with Crippen molar-refractivity contribution < 1.29 is 45.8 Å². The average Bonchev–Trinajstić information content (AvgIpc) is 2.72. The zero-order valence-electron chi connectivity index (χ0n) is 16.4. The molecule has 2 aromatic rings. The Morgan fingerprint density at radius 2 is 1.41 bits per heavy atom. The molecule has 0 heterocycles. The van der Waals surface area contributed by atoms with Gasteiger partial charge in [0.1, 0.15) is 11.5 Å². The molecule has 0 aromatic heterocycles. The number of esters is 1. The maximum atomic E-state index is 14.1. The number of alkyl halides is 6. The first-order valence-corrected chi connectivity index (χ1v) is 8.95. The van der Waals surface area contributed by atoms with Gasteiger partial charge in [0.2, 0.25) is 0 Å². The first-order chi connectivity index (χ1) is 14.8. The Bertz CT molecular complexity index is 949. The minimum absolute atomic E-state index is 0.210. The molecular formula is C19H16ClF5N2O5. The van der Waals surface area contributed by atoms with Gasteiger partial charge < -0.3 is 24.8 Å². The number of carbonyl (C=O) groups excluding carboxylic acids is 2. The summed E-state index contributed by atoms with van der Waals surface area (Å²) in [6.45, 7) is 0. The van der Waals surface area contributed by atoms with Crippen molar-refractivity contribution in [2.45, 2.75) is 17.4 Å². The largest absolute Gasteiger partial charge is 0.497 e. The predicted molar refractivity (Wildman–Crippen MR) is 103 cm³/mol. The second-order valence-corrected chi connectivity index (χ2v) is 6.56. The number of rotatable bonds is 8. The number of benzene rings is 2. The van der Waals surface area contributed by atoms with Gasteiger partial charge in [0.05, 0.1) is 14.2 Å². The Hall–Kier alpha value is -3.28. The van der Waals surface area contributed by atoms with E-state index in [1.165, 1.54) is 31.4 Å². The molecule has 13 heteroatoms. The van der Waals surface area contributed by atoms with E-state index in [0.29, 0.717) is 12.9 Å². The molecule has 32 heavy (non-hydrogen) atoms. The van der Waals surface area contributed by atoms with Crippen LogP contribution in [0, 0.1) is 0 Å². The summed E-state index contributed by atoms with van der Waals surface area (Å²) in [6.07, 6.45) is -5.39. The van der Waals surface area contributed by atoms with Gasteiger partial charge in [0.25, 0.3) is 5.91 Å². The number of halogens is 6. The van der Waals surface area contributed by atoms with Crippen LogP contribution in [0.4, 0.5) is 27.6 Å². The molecule has 0 aliphatic carbocycles. The normalized spacial score (nSPS) is 13.5. The van der Waals surface area contributed by atoms with E-state index in [9.17, 15) is 31.5 Å². The van der Waals surface area contributed by atoms with Gasteiger partial charge in [-0.2, -0.15) is 13.2 Å². The van der Waals surface area contributed by atoms with E-state index in [4.69, 9.17) is 4.74 Å². The zero-order valence-corrected chi connectivity index (χ0v) is 17.2. The molecule has 0 bridgehead atoms. The van der Waals surface area contributed by atoms with Gasteiger partial charge in [-0.15, -0.1) is 8.78 Å². The van der Waals surface area contributed by atoms with Gasteiger partial charge >= 0.3 is 23.4 Å². The Morgan fingerprint density at radius 1 is 0.875 bits per heavy atom. The number of hydrogen-bond acceptors (Lipinski definition) is 6. The highest BCUT2D eigenvalue weighted by Crippen LogP contribution is 2.34. The van der Waals surface area contributed by atoms with Gasteiger partial charge in [0, 0.05) is 22.9 Å². The molecule has 1 atom stereocenters. The third kappa shape index (κ3) is 5.90. The molecule has 0 aliphatic heterocycles. The van der Waals surface area contributed by atoms with Gasteiger partial charge in [-0.05, 0) is 48.5 Å². The van der Waals surface area contributed by atoms with Crippen LogP contribution >= 0.6 is 11.6 Å². The predicted octanol–water partition coefficient (Wildman–Crippen LogP) is 4.14. The van der Waals surface area contributed by atoms with Crippen LogP contribution in [0.3, 0.4) is 0 Å². The number of methoxy groups -OCH3 is 2. The van der Waals surface area contributed by atoms with Crippen LogP contribution in [0.5, 0.6) is 11.5 Å². The van der Waals surface area contributed by atoms with E-state index in [2.05, 4.69) is 21.1 Å². The van der Waals surface area contributed by atoms with Crippen LogP contribution in [0.1, 0.15) is 10.4 Å². The van der Waals surface area contributed by atoms with Crippen molar-refractivity contribution in [1.29, 1.82) is 0 Å². The van der Waals surface area contributed by atoms with Crippen LogP contribution in [-0.4, -0.2) is 43.5 Å². The average molecular weight is 483 g/mol. The van der Waals surface area contributed by atoms with Crippen LogP contribution in [0.2, 0.25) is 0 Å². The lowest BCUT2D eigenvalue weighted by atomic mass is 10.1. The van der Waals surface area contributed by atoms with E-state index in [0.717, 1.165) is 24.3 Å². The maximum Gasteiger partial charge on any atom is 0.487 e. The van der Waals surface area contributed by atoms with Gasteiger partial charge in [0.15, 0.2) is 0 Å². The summed E-state index contributed by atoms with van der Waals surface area (Å²) in [7, 11) is 2.05. The Balaban J connectivity index is 2.40. The molecule has 0 aliphatic rings. The summed E-state index contributed by atoms with van der Waals surface area (Å²) in [5.41, 5.74) is -8.34. The van der Waals surface area contributed by atoms with Crippen LogP contribution in [0.25, 0.3) is 0 Å². The number of nitrogens with one attached hydrogen (secondary N) is 2. The van der Waals surface area contributed by atoms with Crippen molar-refractivity contribution >= 4 is 29.2 Å². The molecule has 2 rings (SSSR count). The summed E-state index contributed by atoms with van der Waals surface area (Å²) >= 11 is 4.63. The second kappa shape index (κ2) is 9.47. The minimum Gasteiger partial charge on any atom is -0.497 e. The molecular weight excluding hydrogens is 467 g/mol. The van der Waals surface area contributed by atoms with Gasteiger partial charge in [-0.1, -0.05) is 0 Å². The molecule has 0 fully saturated rings. The molecule has 0 spiro atoms. The number of ether oxygens (including phenoxy) is 3. The molecule has 2 N–H and O–H groups in total. The monoisotopic (exact) mass is 482 g/mol. The van der Waals surface area contributed by atoms with E-state index in [1.807, 2.05) is 5.32 Å². The van der Waals surface area contributed by atoms with Crippen molar-refractivity contribution in [2.75, 3.05) is 19.5 Å². The van der Waals surface area contributed by atoms with Crippen LogP contribution < -0.4 is 20.1 Å². The highest BCUT2D eigenvalue weighted by molar-refractivity contribution is 6.20. The Morgan fingerprint density at radius 3 is 1.84 bits per heavy atom. The fourth-order valence-electron chi connectivity index (χ4n) is 2.49. The van der Waals surface area contributed by atoms with Crippen molar-refractivity contribution in [2.24, 2.45) is 0 Å². The maximum absolute atomic E-state index is 14.1. The number of carbonyl (C=O) groups is 2. The number of anilines is 1. The molecule has 0 saturated carbocycles. The van der Waals surface area contributed by atoms with Crippen molar-refractivity contribution in [3.05, 3.63) is 54.1 Å². The lowest BCUT2D eigenvalue weighted by molar-refractivity contribution is -0.203. The number of amides is 1. The topological polar surface area (TPSA) is 85.9 Å². The first kappa shape index (κ1) is 25.0. The van der Waals surface area contributed by atoms with Crippen molar-refractivity contribution in [3.63, 3.8) is 0 Å². The summed E-state index contributed by atoms with van der Waals surface area (Å²) in [4.78, 5) is 24.7. The Kier molecular flexibility index (Phi) is 7.39. The fourth-order valence-corrected chi connectivity index (χ4v) is 2.57. The Labute approximate surface area is 183 Å². The zero-order chi connectivity index (χ0) is 24.2. The molecule has 0 radical (unpaired) electrons. The standard InChI is InChI=1S/C19H16ClF5N2O5/c1-30-13-7-3-11(4-8-13)15(28)27-17(16(29)31-2,18(21,22)23)26-12-5-9-14(10-6-12)32-19(20,24)25/h3-10,26H,1-2H3,(H,27,28)/t17-/m1/s1. The molecule has 7 nitrogen and oxygen atoms in total. The summed E-state index contributed by atoms with van der Waals surface area (Å²) in [5, 5.41) is 3.48. The minimum atomic E-state index is -5.39. The summed E-state index contributed by atoms with van der Waals surface area (Å²) < 4.78 is 80.8.